The Morgan fingerprint density at radius 3 is 3.09 bits per heavy atom. The number of rotatable bonds is 5. The van der Waals surface area contributed by atoms with Crippen molar-refractivity contribution in [2.75, 3.05) is 26.3 Å². The Hall–Kier alpha value is -1.43. The second kappa shape index (κ2) is 6.59. The molecule has 2 fully saturated rings. The first kappa shape index (κ1) is 15.1. The molecule has 0 aliphatic carbocycles. The number of thiophene rings is 1. The zero-order valence-corrected chi connectivity index (χ0v) is 14.2. The molecule has 0 bridgehead atoms. The third-order valence-corrected chi connectivity index (χ3v) is 5.58. The molecule has 0 amide bonds. The van der Waals surface area contributed by atoms with Crippen molar-refractivity contribution in [3.63, 3.8) is 0 Å². The highest BCUT2D eigenvalue weighted by Gasteiger charge is 2.43. The highest BCUT2D eigenvalue weighted by atomic mass is 32.1. The van der Waals surface area contributed by atoms with Gasteiger partial charge in [-0.25, -0.2) is 0 Å². The summed E-state index contributed by atoms with van der Waals surface area (Å²) in [6.07, 6.45) is 2.18. The number of hydrogen-bond acceptors (Lipinski definition) is 5. The second-order valence-electron chi connectivity index (χ2n) is 6.57. The molecule has 4 heterocycles. The van der Waals surface area contributed by atoms with Crippen LogP contribution in [-0.4, -0.2) is 42.3 Å². The Labute approximate surface area is 141 Å². The Balaban J connectivity index is 1.32. The molecule has 5 heteroatoms. The topological polar surface area (TPSA) is 34.6 Å². The lowest BCUT2D eigenvalue weighted by molar-refractivity contribution is 0.0897. The van der Waals surface area contributed by atoms with E-state index in [1.165, 1.54) is 5.56 Å². The first-order valence-corrected chi connectivity index (χ1v) is 9.13. The van der Waals surface area contributed by atoms with Gasteiger partial charge in [0.1, 0.15) is 5.75 Å². The maximum atomic E-state index is 6.01. The van der Waals surface area contributed by atoms with Gasteiger partial charge in [-0.2, -0.15) is 11.3 Å². The van der Waals surface area contributed by atoms with Crippen molar-refractivity contribution in [1.82, 2.24) is 9.88 Å². The van der Waals surface area contributed by atoms with Crippen molar-refractivity contribution in [3.8, 4) is 5.75 Å². The predicted molar refractivity (Wildman–Crippen MR) is 90.8 cm³/mol. The minimum Gasteiger partial charge on any atom is -0.492 e. The van der Waals surface area contributed by atoms with Crippen LogP contribution < -0.4 is 4.74 Å². The first-order chi connectivity index (χ1) is 11.3. The molecule has 0 N–H and O–H groups in total. The summed E-state index contributed by atoms with van der Waals surface area (Å²) >= 11 is 1.77. The van der Waals surface area contributed by atoms with Gasteiger partial charge >= 0.3 is 0 Å². The number of hydrogen-bond donors (Lipinski definition) is 0. The molecule has 23 heavy (non-hydrogen) atoms. The fraction of sp³-hybridized carbons (Fsp3) is 0.500. The highest BCUT2D eigenvalue weighted by molar-refractivity contribution is 7.07. The van der Waals surface area contributed by atoms with Crippen molar-refractivity contribution < 1.29 is 9.47 Å². The fourth-order valence-corrected chi connectivity index (χ4v) is 4.22. The Bertz CT molecular complexity index is 629. The van der Waals surface area contributed by atoms with E-state index in [1.807, 2.05) is 19.1 Å². The number of nitrogens with zero attached hydrogens (tertiary/aromatic N) is 2. The van der Waals surface area contributed by atoms with Gasteiger partial charge < -0.3 is 9.47 Å². The van der Waals surface area contributed by atoms with Crippen LogP contribution in [0.15, 0.2) is 35.2 Å². The van der Waals surface area contributed by atoms with E-state index in [2.05, 4.69) is 26.7 Å². The molecule has 3 atom stereocenters. The fourth-order valence-electron chi connectivity index (χ4n) is 3.56. The number of fused-ring (bicyclic) bond motifs is 1. The van der Waals surface area contributed by atoms with Gasteiger partial charge in [-0.3, -0.25) is 9.88 Å². The molecular formula is C18H22N2O2S. The van der Waals surface area contributed by atoms with E-state index in [4.69, 9.17) is 9.47 Å². The molecule has 0 radical (unpaired) electrons. The van der Waals surface area contributed by atoms with Crippen LogP contribution in [0.25, 0.3) is 0 Å². The molecule has 4 rings (SSSR count). The lowest BCUT2D eigenvalue weighted by Gasteiger charge is -2.19. The van der Waals surface area contributed by atoms with Crippen LogP contribution in [0.1, 0.15) is 11.3 Å². The third kappa shape index (κ3) is 3.42. The average Bonchev–Trinajstić information content (AvgIpc) is 3.25. The summed E-state index contributed by atoms with van der Waals surface area (Å²) < 4.78 is 11.9. The van der Waals surface area contributed by atoms with Gasteiger partial charge in [0, 0.05) is 37.2 Å². The number of aromatic nitrogens is 1. The van der Waals surface area contributed by atoms with E-state index in [-0.39, 0.29) is 0 Å². The van der Waals surface area contributed by atoms with Gasteiger partial charge in [-0.15, -0.1) is 0 Å². The Morgan fingerprint density at radius 1 is 1.35 bits per heavy atom. The summed E-state index contributed by atoms with van der Waals surface area (Å²) in [4.78, 5) is 6.79. The van der Waals surface area contributed by atoms with Crippen LogP contribution in [0.3, 0.4) is 0 Å². The van der Waals surface area contributed by atoms with E-state index in [1.54, 1.807) is 17.5 Å². The maximum Gasteiger partial charge on any atom is 0.137 e. The zero-order chi connectivity index (χ0) is 15.6. The van der Waals surface area contributed by atoms with Crippen LogP contribution in [0, 0.1) is 18.8 Å². The van der Waals surface area contributed by atoms with E-state index in [0.717, 1.165) is 44.3 Å². The van der Waals surface area contributed by atoms with Gasteiger partial charge in [0.15, 0.2) is 0 Å². The van der Waals surface area contributed by atoms with Gasteiger partial charge in [-0.05, 0) is 41.4 Å². The number of ether oxygens (including phenoxy) is 2. The lowest BCUT2D eigenvalue weighted by atomic mass is 9.94. The van der Waals surface area contributed by atoms with Crippen molar-refractivity contribution in [2.24, 2.45) is 11.8 Å². The monoisotopic (exact) mass is 330 g/mol. The first-order valence-electron chi connectivity index (χ1n) is 8.18. The van der Waals surface area contributed by atoms with Crippen molar-refractivity contribution in [1.29, 1.82) is 0 Å². The molecule has 2 aromatic heterocycles. The summed E-state index contributed by atoms with van der Waals surface area (Å²) in [7, 11) is 0. The average molecular weight is 330 g/mol. The highest BCUT2D eigenvalue weighted by Crippen LogP contribution is 2.34. The van der Waals surface area contributed by atoms with Gasteiger partial charge in [0.2, 0.25) is 0 Å². The molecule has 0 unspecified atom stereocenters. The molecule has 4 nitrogen and oxygen atoms in total. The van der Waals surface area contributed by atoms with Gasteiger partial charge in [-0.1, -0.05) is 0 Å². The summed E-state index contributed by atoms with van der Waals surface area (Å²) in [5.74, 6) is 1.92. The van der Waals surface area contributed by atoms with E-state index in [0.29, 0.717) is 17.9 Å². The largest absolute Gasteiger partial charge is 0.492 e. The maximum absolute atomic E-state index is 6.01. The van der Waals surface area contributed by atoms with Crippen LogP contribution in [0.2, 0.25) is 0 Å². The molecule has 0 aromatic carbocycles. The molecule has 0 saturated carbocycles. The van der Waals surface area contributed by atoms with Crippen LogP contribution in [0.4, 0.5) is 0 Å². The minimum atomic E-state index is 0.373. The molecule has 2 aliphatic rings. The standard InChI is InChI=1S/C18H22N2O2S/c1-13-2-3-16(6-19-13)21-10-15-11-22-18-9-20(8-17(15)18)7-14-4-5-23-12-14/h2-6,12,15,17-18H,7-11H2,1H3/t15-,17-,18-/m1/s1. The zero-order valence-electron chi connectivity index (χ0n) is 13.4. The van der Waals surface area contributed by atoms with Crippen LogP contribution in [0.5, 0.6) is 5.75 Å². The molecule has 2 saturated heterocycles. The predicted octanol–water partition coefficient (Wildman–Crippen LogP) is 2.98. The van der Waals surface area contributed by atoms with Crippen LogP contribution >= 0.6 is 11.3 Å². The summed E-state index contributed by atoms with van der Waals surface area (Å²) in [5, 5.41) is 4.38. The Morgan fingerprint density at radius 2 is 2.30 bits per heavy atom. The quantitative estimate of drug-likeness (QED) is 0.844. The third-order valence-electron chi connectivity index (χ3n) is 4.85. The molecular weight excluding hydrogens is 308 g/mol. The van der Waals surface area contributed by atoms with Crippen LogP contribution in [-0.2, 0) is 11.3 Å². The summed E-state index contributed by atoms with van der Waals surface area (Å²) in [6.45, 7) is 6.72. The smallest absolute Gasteiger partial charge is 0.137 e. The summed E-state index contributed by atoms with van der Waals surface area (Å²) in [6, 6.07) is 6.19. The molecule has 0 spiro atoms. The molecule has 2 aliphatic heterocycles. The minimum absolute atomic E-state index is 0.373. The molecule has 2 aromatic rings. The summed E-state index contributed by atoms with van der Waals surface area (Å²) in [5.41, 5.74) is 2.43. The Kier molecular flexibility index (Phi) is 4.33. The number of aryl methyl sites for hydroxylation is 1. The number of likely N-dealkylation sites (tertiary alicyclic amines) is 1. The van der Waals surface area contributed by atoms with Gasteiger partial charge in [0.25, 0.3) is 0 Å². The van der Waals surface area contributed by atoms with E-state index in [9.17, 15) is 0 Å². The van der Waals surface area contributed by atoms with Crippen molar-refractivity contribution >= 4 is 11.3 Å². The second-order valence-corrected chi connectivity index (χ2v) is 7.35. The van der Waals surface area contributed by atoms with Crippen molar-refractivity contribution in [2.45, 2.75) is 19.6 Å². The lowest BCUT2D eigenvalue weighted by Crippen LogP contribution is -2.26. The molecule has 122 valence electrons. The SMILES string of the molecule is Cc1ccc(OC[C@@H]2CO[C@@H]3CN(Cc4ccsc4)C[C@H]23)cn1. The normalized spacial score (nSPS) is 27.3. The van der Waals surface area contributed by atoms with Gasteiger partial charge in [0.05, 0.1) is 25.5 Å². The van der Waals surface area contributed by atoms with Crippen molar-refractivity contribution in [3.05, 3.63) is 46.4 Å². The number of pyridine rings is 1. The van der Waals surface area contributed by atoms with E-state index >= 15 is 0 Å². The van der Waals surface area contributed by atoms with E-state index < -0.39 is 0 Å².